The van der Waals surface area contributed by atoms with Crippen molar-refractivity contribution in [2.24, 2.45) is 0 Å². The van der Waals surface area contributed by atoms with Crippen LogP contribution in [0, 0.1) is 0 Å². The summed E-state index contributed by atoms with van der Waals surface area (Å²) in [5.41, 5.74) is 0. The fraction of sp³-hybridized carbons (Fsp3) is 0.231. The zero-order chi connectivity index (χ0) is 14.5. The number of rotatable bonds is 5. The van der Waals surface area contributed by atoms with Gasteiger partial charge in [0.1, 0.15) is 16.8 Å². The van der Waals surface area contributed by atoms with Gasteiger partial charge in [-0.3, -0.25) is 0 Å². The smallest absolute Gasteiger partial charge is 0.157 e. The van der Waals surface area contributed by atoms with Crippen LogP contribution in [0.25, 0.3) is 0 Å². The second-order valence-corrected chi connectivity index (χ2v) is 6.06. The van der Waals surface area contributed by atoms with Gasteiger partial charge in [0.25, 0.3) is 0 Å². The quantitative estimate of drug-likeness (QED) is 0.701. The molecule has 0 saturated carbocycles. The highest BCUT2D eigenvalue weighted by atomic mass is 35.5. The standard InChI is InChI=1S/C13H11Cl3N2OS/c1-2-19-7-12-17-11(16)6-13(18-12)20-8-3-4-9(14)10(15)5-8/h3-6H,2,7H2,1H3. The molecule has 0 aliphatic heterocycles. The molecule has 0 aliphatic rings. The zero-order valence-corrected chi connectivity index (χ0v) is 13.7. The summed E-state index contributed by atoms with van der Waals surface area (Å²) in [4.78, 5) is 9.43. The number of ether oxygens (including phenoxy) is 1. The van der Waals surface area contributed by atoms with Crippen molar-refractivity contribution >= 4 is 46.6 Å². The lowest BCUT2D eigenvalue weighted by Gasteiger charge is -2.06. The van der Waals surface area contributed by atoms with Gasteiger partial charge in [0.2, 0.25) is 0 Å². The van der Waals surface area contributed by atoms with Crippen LogP contribution in [0.1, 0.15) is 12.7 Å². The monoisotopic (exact) mass is 348 g/mol. The lowest BCUT2D eigenvalue weighted by molar-refractivity contribution is 0.128. The fourth-order valence-corrected chi connectivity index (χ4v) is 2.92. The summed E-state index contributed by atoms with van der Waals surface area (Å²) in [6.45, 7) is 2.85. The van der Waals surface area contributed by atoms with Crippen LogP contribution in [-0.4, -0.2) is 16.6 Å². The SMILES string of the molecule is CCOCc1nc(Cl)cc(Sc2ccc(Cl)c(Cl)c2)n1. The van der Waals surface area contributed by atoms with Crippen LogP contribution < -0.4 is 0 Å². The van der Waals surface area contributed by atoms with Crippen LogP contribution in [0.15, 0.2) is 34.2 Å². The van der Waals surface area contributed by atoms with Crippen LogP contribution in [0.4, 0.5) is 0 Å². The number of hydrogen-bond donors (Lipinski definition) is 0. The molecular formula is C13H11Cl3N2OS. The number of hydrogen-bond acceptors (Lipinski definition) is 4. The summed E-state index contributed by atoms with van der Waals surface area (Å²) in [5, 5.41) is 2.15. The highest BCUT2D eigenvalue weighted by Crippen LogP contribution is 2.32. The molecule has 0 atom stereocenters. The summed E-state index contributed by atoms with van der Waals surface area (Å²) >= 11 is 19.3. The molecular weight excluding hydrogens is 339 g/mol. The second-order valence-electron chi connectivity index (χ2n) is 3.76. The zero-order valence-electron chi connectivity index (χ0n) is 10.6. The maximum atomic E-state index is 5.99. The number of halogens is 3. The molecule has 2 aromatic rings. The van der Waals surface area contributed by atoms with Crippen molar-refractivity contribution in [1.29, 1.82) is 0 Å². The number of benzene rings is 1. The molecule has 0 N–H and O–H groups in total. The van der Waals surface area contributed by atoms with Gasteiger partial charge >= 0.3 is 0 Å². The Morgan fingerprint density at radius 2 is 1.90 bits per heavy atom. The molecule has 1 heterocycles. The van der Waals surface area contributed by atoms with Crippen molar-refractivity contribution in [3.8, 4) is 0 Å². The Hall–Kier alpha value is -0.520. The summed E-state index contributed by atoms with van der Waals surface area (Å²) in [7, 11) is 0. The Kier molecular flexibility index (Phi) is 5.93. The van der Waals surface area contributed by atoms with E-state index >= 15 is 0 Å². The maximum absolute atomic E-state index is 5.99. The van der Waals surface area contributed by atoms with Gasteiger partial charge in [-0.1, -0.05) is 46.6 Å². The van der Waals surface area contributed by atoms with Gasteiger partial charge in [0.15, 0.2) is 5.82 Å². The predicted molar refractivity (Wildman–Crippen MR) is 83.0 cm³/mol. The Morgan fingerprint density at radius 3 is 2.60 bits per heavy atom. The molecule has 0 aliphatic carbocycles. The molecule has 2 rings (SSSR count). The van der Waals surface area contributed by atoms with Gasteiger partial charge in [-0.2, -0.15) is 0 Å². The van der Waals surface area contributed by atoms with E-state index in [1.165, 1.54) is 11.8 Å². The summed E-state index contributed by atoms with van der Waals surface area (Å²) in [5.74, 6) is 0.557. The summed E-state index contributed by atoms with van der Waals surface area (Å²) in [6, 6.07) is 7.10. The second kappa shape index (κ2) is 7.48. The van der Waals surface area contributed by atoms with Crippen molar-refractivity contribution in [1.82, 2.24) is 9.97 Å². The van der Waals surface area contributed by atoms with E-state index in [-0.39, 0.29) is 0 Å². The third-order valence-electron chi connectivity index (χ3n) is 2.27. The van der Waals surface area contributed by atoms with E-state index in [0.717, 1.165) is 9.92 Å². The normalized spacial score (nSPS) is 10.8. The summed E-state index contributed by atoms with van der Waals surface area (Å²) in [6.07, 6.45) is 0. The van der Waals surface area contributed by atoms with Gasteiger partial charge < -0.3 is 4.74 Å². The molecule has 0 spiro atoms. The molecule has 0 fully saturated rings. The molecule has 0 unspecified atom stereocenters. The van der Waals surface area contributed by atoms with Gasteiger partial charge in [-0.25, -0.2) is 9.97 Å². The van der Waals surface area contributed by atoms with E-state index in [1.54, 1.807) is 18.2 Å². The molecule has 1 aromatic heterocycles. The highest BCUT2D eigenvalue weighted by molar-refractivity contribution is 7.99. The minimum Gasteiger partial charge on any atom is -0.374 e. The Labute approximate surface area is 136 Å². The average Bonchev–Trinajstić information content (AvgIpc) is 2.40. The molecule has 20 heavy (non-hydrogen) atoms. The highest BCUT2D eigenvalue weighted by Gasteiger charge is 2.07. The maximum Gasteiger partial charge on any atom is 0.157 e. The first-order valence-corrected chi connectivity index (χ1v) is 7.77. The van der Waals surface area contributed by atoms with Crippen LogP contribution in [0.2, 0.25) is 15.2 Å². The molecule has 0 radical (unpaired) electrons. The minimum atomic E-state index is 0.339. The number of aromatic nitrogens is 2. The van der Waals surface area contributed by atoms with Crippen molar-refractivity contribution in [3.05, 3.63) is 45.3 Å². The molecule has 1 aromatic carbocycles. The van der Waals surface area contributed by atoms with E-state index in [9.17, 15) is 0 Å². The third-order valence-corrected chi connectivity index (χ3v) is 4.11. The van der Waals surface area contributed by atoms with Gasteiger partial charge in [0.05, 0.1) is 10.0 Å². The lowest BCUT2D eigenvalue weighted by Crippen LogP contribution is -2.00. The van der Waals surface area contributed by atoms with Crippen molar-refractivity contribution in [2.45, 2.75) is 23.5 Å². The van der Waals surface area contributed by atoms with Gasteiger partial charge in [0, 0.05) is 17.6 Å². The minimum absolute atomic E-state index is 0.339. The first kappa shape index (κ1) is 15.9. The van der Waals surface area contributed by atoms with E-state index < -0.39 is 0 Å². The Bertz CT molecular complexity index is 610. The largest absolute Gasteiger partial charge is 0.374 e. The third kappa shape index (κ3) is 4.50. The fourth-order valence-electron chi connectivity index (χ4n) is 1.41. The molecule has 3 nitrogen and oxygen atoms in total. The van der Waals surface area contributed by atoms with E-state index in [0.29, 0.717) is 34.2 Å². The van der Waals surface area contributed by atoms with Crippen LogP contribution in [0.3, 0.4) is 0 Å². The topological polar surface area (TPSA) is 35.0 Å². The van der Waals surface area contributed by atoms with Crippen LogP contribution in [-0.2, 0) is 11.3 Å². The first-order chi connectivity index (χ1) is 9.58. The Balaban J connectivity index is 2.19. The lowest BCUT2D eigenvalue weighted by atomic mass is 10.4. The van der Waals surface area contributed by atoms with Crippen molar-refractivity contribution in [3.63, 3.8) is 0 Å². The van der Waals surface area contributed by atoms with Gasteiger partial charge in [-0.15, -0.1) is 0 Å². The van der Waals surface area contributed by atoms with E-state index in [4.69, 9.17) is 39.5 Å². The van der Waals surface area contributed by atoms with Crippen LogP contribution >= 0.6 is 46.6 Å². The van der Waals surface area contributed by atoms with E-state index in [1.807, 2.05) is 13.0 Å². The molecule has 7 heteroatoms. The molecule has 0 saturated heterocycles. The van der Waals surface area contributed by atoms with Crippen molar-refractivity contribution in [2.75, 3.05) is 6.61 Å². The molecule has 0 amide bonds. The summed E-state index contributed by atoms with van der Waals surface area (Å²) < 4.78 is 5.28. The van der Waals surface area contributed by atoms with E-state index in [2.05, 4.69) is 9.97 Å². The van der Waals surface area contributed by atoms with Crippen LogP contribution in [0.5, 0.6) is 0 Å². The number of nitrogens with zero attached hydrogens (tertiary/aromatic N) is 2. The van der Waals surface area contributed by atoms with Crippen molar-refractivity contribution < 1.29 is 4.74 Å². The first-order valence-electron chi connectivity index (χ1n) is 5.82. The molecule has 0 bridgehead atoms. The molecule has 106 valence electrons. The average molecular weight is 350 g/mol. The Morgan fingerprint density at radius 1 is 1.10 bits per heavy atom. The van der Waals surface area contributed by atoms with Gasteiger partial charge in [-0.05, 0) is 25.1 Å². The predicted octanol–water partition coefficient (Wildman–Crippen LogP) is 5.12.